The van der Waals surface area contributed by atoms with Crippen molar-refractivity contribution in [2.45, 2.75) is 34.6 Å². The molecular formula is C16H25ClN2O3S. The maximum absolute atomic E-state index is 12.1. The standard InChI is InChI=1S/C16H25ClN2O3S/c1-11-9-12(2)14(13(17)10-11)19(23(6,21)22)8-7-18-15(20)16(3,4)5/h9-10H,7-8H2,1-6H3,(H,18,20). The molecule has 0 bridgehead atoms. The van der Waals surface area contributed by atoms with Crippen LogP contribution in [0.25, 0.3) is 0 Å². The van der Waals surface area contributed by atoms with Crippen LogP contribution in [0, 0.1) is 19.3 Å². The molecule has 5 nitrogen and oxygen atoms in total. The van der Waals surface area contributed by atoms with Gasteiger partial charge in [0.25, 0.3) is 0 Å². The third-order valence-corrected chi connectivity index (χ3v) is 4.78. The maximum Gasteiger partial charge on any atom is 0.232 e. The highest BCUT2D eigenvalue weighted by atomic mass is 35.5. The van der Waals surface area contributed by atoms with Crippen LogP contribution in [-0.2, 0) is 14.8 Å². The third-order valence-electron chi connectivity index (χ3n) is 3.33. The van der Waals surface area contributed by atoms with Crippen LogP contribution in [0.4, 0.5) is 5.69 Å². The van der Waals surface area contributed by atoms with E-state index in [1.807, 2.05) is 19.9 Å². The van der Waals surface area contributed by atoms with Gasteiger partial charge in [0.05, 0.1) is 23.5 Å². The van der Waals surface area contributed by atoms with Gasteiger partial charge in [0, 0.05) is 12.0 Å². The van der Waals surface area contributed by atoms with Gasteiger partial charge in [-0.05, 0) is 31.0 Å². The van der Waals surface area contributed by atoms with E-state index in [1.165, 1.54) is 4.31 Å². The van der Waals surface area contributed by atoms with E-state index in [9.17, 15) is 13.2 Å². The highest BCUT2D eigenvalue weighted by molar-refractivity contribution is 7.92. The summed E-state index contributed by atoms with van der Waals surface area (Å²) in [7, 11) is -3.51. The second kappa shape index (κ2) is 7.09. The predicted octanol–water partition coefficient (Wildman–Crippen LogP) is 2.89. The van der Waals surface area contributed by atoms with Crippen molar-refractivity contribution in [3.63, 3.8) is 0 Å². The maximum atomic E-state index is 12.1. The third kappa shape index (κ3) is 5.39. The second-order valence-corrected chi connectivity index (χ2v) is 9.07. The minimum atomic E-state index is -3.51. The molecule has 0 aliphatic carbocycles. The first-order valence-electron chi connectivity index (χ1n) is 7.37. The number of carbonyl (C=O) groups excluding carboxylic acids is 1. The lowest BCUT2D eigenvalue weighted by atomic mass is 9.96. The van der Waals surface area contributed by atoms with Gasteiger partial charge in [-0.1, -0.05) is 38.4 Å². The summed E-state index contributed by atoms with van der Waals surface area (Å²) in [6.07, 6.45) is 1.13. The number of aryl methyl sites for hydroxylation is 2. The van der Waals surface area contributed by atoms with Gasteiger partial charge in [-0.2, -0.15) is 0 Å². The molecule has 130 valence electrons. The van der Waals surface area contributed by atoms with Crippen molar-refractivity contribution in [1.82, 2.24) is 5.32 Å². The Hall–Kier alpha value is -1.27. The summed E-state index contributed by atoms with van der Waals surface area (Å²) in [6.45, 7) is 9.47. The van der Waals surface area contributed by atoms with Crippen LogP contribution in [0.15, 0.2) is 12.1 Å². The topological polar surface area (TPSA) is 66.5 Å². The van der Waals surface area contributed by atoms with Gasteiger partial charge in [0.1, 0.15) is 0 Å². The molecule has 0 aliphatic heterocycles. The molecule has 0 heterocycles. The van der Waals surface area contributed by atoms with Crippen LogP contribution >= 0.6 is 11.6 Å². The van der Waals surface area contributed by atoms with E-state index in [1.54, 1.807) is 26.8 Å². The number of carbonyl (C=O) groups is 1. The number of amides is 1. The number of nitrogens with zero attached hydrogens (tertiary/aromatic N) is 1. The molecule has 1 rings (SSSR count). The van der Waals surface area contributed by atoms with E-state index >= 15 is 0 Å². The minimum absolute atomic E-state index is 0.127. The summed E-state index contributed by atoms with van der Waals surface area (Å²) in [4.78, 5) is 11.9. The molecule has 1 aromatic rings. The lowest BCUT2D eigenvalue weighted by molar-refractivity contribution is -0.128. The molecule has 7 heteroatoms. The molecule has 0 spiro atoms. The van der Waals surface area contributed by atoms with Gasteiger partial charge >= 0.3 is 0 Å². The van der Waals surface area contributed by atoms with Crippen LogP contribution in [0.2, 0.25) is 5.02 Å². The molecule has 0 radical (unpaired) electrons. The average molecular weight is 361 g/mol. The SMILES string of the molecule is Cc1cc(C)c(N(CCNC(=O)C(C)(C)C)S(C)(=O)=O)c(Cl)c1. The van der Waals surface area contributed by atoms with Crippen LogP contribution in [-0.4, -0.2) is 33.7 Å². The van der Waals surface area contributed by atoms with Gasteiger partial charge in [0.2, 0.25) is 15.9 Å². The second-order valence-electron chi connectivity index (χ2n) is 6.75. The number of rotatable bonds is 5. The summed E-state index contributed by atoms with van der Waals surface area (Å²) in [5.74, 6) is -0.127. The monoisotopic (exact) mass is 360 g/mol. The van der Waals surface area contributed by atoms with Crippen molar-refractivity contribution in [3.8, 4) is 0 Å². The summed E-state index contributed by atoms with van der Waals surface area (Å²) in [5, 5.41) is 3.14. The fourth-order valence-corrected chi connectivity index (χ4v) is 3.67. The fourth-order valence-electron chi connectivity index (χ4n) is 2.20. The molecule has 0 fully saturated rings. The van der Waals surface area contributed by atoms with Gasteiger partial charge in [-0.15, -0.1) is 0 Å². The summed E-state index contributed by atoms with van der Waals surface area (Å²) in [6, 6.07) is 3.61. The van der Waals surface area contributed by atoms with Gasteiger partial charge in [-0.3, -0.25) is 9.10 Å². The zero-order chi connectivity index (χ0) is 18.0. The van der Waals surface area contributed by atoms with E-state index in [2.05, 4.69) is 5.32 Å². The highest BCUT2D eigenvalue weighted by Gasteiger charge is 2.24. The molecule has 0 aromatic heterocycles. The van der Waals surface area contributed by atoms with Crippen LogP contribution in [0.3, 0.4) is 0 Å². The Morgan fingerprint density at radius 2 is 1.83 bits per heavy atom. The van der Waals surface area contributed by atoms with E-state index < -0.39 is 15.4 Å². The van der Waals surface area contributed by atoms with Crippen molar-refractivity contribution >= 4 is 33.2 Å². The first kappa shape index (κ1) is 19.8. The number of hydrogen-bond acceptors (Lipinski definition) is 3. The molecular weight excluding hydrogens is 336 g/mol. The Kier molecular flexibility index (Phi) is 6.10. The van der Waals surface area contributed by atoms with Crippen molar-refractivity contribution in [1.29, 1.82) is 0 Å². The van der Waals surface area contributed by atoms with Crippen LogP contribution < -0.4 is 9.62 Å². The predicted molar refractivity (Wildman–Crippen MR) is 95.6 cm³/mol. The summed E-state index contributed by atoms with van der Waals surface area (Å²) >= 11 is 6.26. The number of halogens is 1. The normalized spacial score (nSPS) is 12.1. The Bertz CT molecular complexity index is 671. The molecule has 1 aromatic carbocycles. The molecule has 0 atom stereocenters. The fraction of sp³-hybridized carbons (Fsp3) is 0.562. The Labute approximate surface area is 144 Å². The lowest BCUT2D eigenvalue weighted by Gasteiger charge is -2.26. The molecule has 0 saturated carbocycles. The number of nitrogens with one attached hydrogen (secondary N) is 1. The zero-order valence-corrected chi connectivity index (χ0v) is 16.1. The van der Waals surface area contributed by atoms with Crippen molar-refractivity contribution in [2.75, 3.05) is 23.7 Å². The van der Waals surface area contributed by atoms with Crippen molar-refractivity contribution in [3.05, 3.63) is 28.3 Å². The van der Waals surface area contributed by atoms with E-state index in [-0.39, 0.29) is 19.0 Å². The molecule has 0 saturated heterocycles. The number of hydrogen-bond donors (Lipinski definition) is 1. The van der Waals surface area contributed by atoms with Gasteiger partial charge in [0.15, 0.2) is 0 Å². The van der Waals surface area contributed by atoms with Gasteiger partial charge in [-0.25, -0.2) is 8.42 Å². The van der Waals surface area contributed by atoms with Crippen molar-refractivity contribution in [2.24, 2.45) is 5.41 Å². The van der Waals surface area contributed by atoms with Crippen LogP contribution in [0.1, 0.15) is 31.9 Å². The first-order chi connectivity index (χ1) is 10.3. The molecule has 0 unspecified atom stereocenters. The van der Waals surface area contributed by atoms with Crippen molar-refractivity contribution < 1.29 is 13.2 Å². The Balaban J connectivity index is 3.03. The Morgan fingerprint density at radius 1 is 1.26 bits per heavy atom. The quantitative estimate of drug-likeness (QED) is 0.877. The molecule has 0 aliphatic rings. The smallest absolute Gasteiger partial charge is 0.232 e. The van der Waals surface area contributed by atoms with Crippen LogP contribution in [0.5, 0.6) is 0 Å². The highest BCUT2D eigenvalue weighted by Crippen LogP contribution is 2.32. The lowest BCUT2D eigenvalue weighted by Crippen LogP contribution is -2.42. The van der Waals surface area contributed by atoms with Gasteiger partial charge < -0.3 is 5.32 Å². The summed E-state index contributed by atoms with van der Waals surface area (Å²) < 4.78 is 25.5. The number of anilines is 1. The number of sulfonamides is 1. The number of benzene rings is 1. The Morgan fingerprint density at radius 3 is 2.26 bits per heavy atom. The first-order valence-corrected chi connectivity index (χ1v) is 9.59. The minimum Gasteiger partial charge on any atom is -0.354 e. The van der Waals surface area contributed by atoms with E-state index in [4.69, 9.17) is 11.6 Å². The van der Waals surface area contributed by atoms with E-state index in [0.717, 1.165) is 17.4 Å². The molecule has 1 amide bonds. The summed E-state index contributed by atoms with van der Waals surface area (Å²) in [5.41, 5.74) is 1.69. The largest absolute Gasteiger partial charge is 0.354 e. The molecule has 1 N–H and O–H groups in total. The van der Waals surface area contributed by atoms with E-state index in [0.29, 0.717) is 10.7 Å². The average Bonchev–Trinajstić information content (AvgIpc) is 2.32. The molecule has 23 heavy (non-hydrogen) atoms. The zero-order valence-electron chi connectivity index (χ0n) is 14.5.